The molecule has 0 saturated carbocycles. The predicted molar refractivity (Wildman–Crippen MR) is 122 cm³/mol. The molecule has 6 nitrogen and oxygen atoms in total. The topological polar surface area (TPSA) is 67.4 Å². The van der Waals surface area contributed by atoms with Crippen molar-refractivity contribution in [2.45, 2.75) is 26.7 Å². The van der Waals surface area contributed by atoms with Crippen molar-refractivity contribution in [1.82, 2.24) is 15.3 Å². The van der Waals surface area contributed by atoms with Crippen molar-refractivity contribution in [3.8, 4) is 5.75 Å². The normalized spacial score (nSPS) is 14.8. The number of piperidine rings is 1. The Hall–Kier alpha value is -2.38. The lowest BCUT2D eigenvalue weighted by Gasteiger charge is -2.32. The number of nitrogens with one attached hydrogen (secondary N) is 1. The Morgan fingerprint density at radius 3 is 2.87 bits per heavy atom. The van der Waals surface area contributed by atoms with E-state index in [1.54, 1.807) is 29.8 Å². The van der Waals surface area contributed by atoms with E-state index in [1.807, 2.05) is 12.1 Å². The van der Waals surface area contributed by atoms with Gasteiger partial charge in [-0.15, -0.1) is 11.3 Å². The van der Waals surface area contributed by atoms with Gasteiger partial charge < -0.3 is 15.0 Å². The number of carbonyl (C=O) groups excluding carboxylic acids is 1. The van der Waals surface area contributed by atoms with E-state index in [0.29, 0.717) is 23.9 Å². The lowest BCUT2D eigenvalue weighted by atomic mass is 9.95. The maximum absolute atomic E-state index is 12.5. The first kappa shape index (κ1) is 20.9. The molecule has 2 aromatic heterocycles. The Labute approximate surface area is 185 Å². The summed E-state index contributed by atoms with van der Waals surface area (Å²) in [6, 6.07) is 7.26. The fourth-order valence-electron chi connectivity index (χ4n) is 3.80. The number of halogens is 1. The summed E-state index contributed by atoms with van der Waals surface area (Å²) in [6.45, 7) is 6.78. The van der Waals surface area contributed by atoms with Crippen LogP contribution in [-0.4, -0.2) is 42.1 Å². The van der Waals surface area contributed by atoms with Gasteiger partial charge in [-0.25, -0.2) is 9.97 Å². The van der Waals surface area contributed by atoms with Gasteiger partial charge in [-0.05, 0) is 50.5 Å². The minimum atomic E-state index is 0.0232. The second kappa shape index (κ2) is 9.18. The van der Waals surface area contributed by atoms with Gasteiger partial charge in [-0.1, -0.05) is 17.7 Å². The average Bonchev–Trinajstić information content (AvgIpc) is 3.05. The summed E-state index contributed by atoms with van der Waals surface area (Å²) in [5.74, 6) is 1.82. The van der Waals surface area contributed by atoms with E-state index in [2.05, 4.69) is 34.0 Å². The standard InChI is InChI=1S/C22H25ClN4O2S/c1-14-15(2)30-22-19(14)20(25-13-26-22)27-9-6-16(7-10-27)21(28)24-8-11-29-18-5-3-4-17(23)12-18/h3-5,12-13,16H,6-11H2,1-2H3,(H,24,28). The highest BCUT2D eigenvalue weighted by atomic mass is 35.5. The van der Waals surface area contributed by atoms with Crippen LogP contribution in [0.5, 0.6) is 5.75 Å². The molecular weight excluding hydrogens is 420 g/mol. The maximum Gasteiger partial charge on any atom is 0.223 e. The summed E-state index contributed by atoms with van der Waals surface area (Å²) in [6.07, 6.45) is 3.27. The number of fused-ring (bicyclic) bond motifs is 1. The monoisotopic (exact) mass is 444 g/mol. The SMILES string of the molecule is Cc1sc2ncnc(N3CCC(C(=O)NCCOc4cccc(Cl)c4)CC3)c2c1C. The quantitative estimate of drug-likeness (QED) is 0.571. The van der Waals surface area contributed by atoms with E-state index < -0.39 is 0 Å². The first-order valence-corrected chi connectivity index (χ1v) is 11.3. The number of hydrogen-bond acceptors (Lipinski definition) is 6. The molecule has 0 aliphatic carbocycles. The summed E-state index contributed by atoms with van der Waals surface area (Å²) < 4.78 is 5.63. The highest BCUT2D eigenvalue weighted by Gasteiger charge is 2.27. The lowest BCUT2D eigenvalue weighted by Crippen LogP contribution is -2.41. The van der Waals surface area contributed by atoms with Crippen molar-refractivity contribution in [1.29, 1.82) is 0 Å². The molecule has 0 spiro atoms. The molecule has 3 heterocycles. The minimum Gasteiger partial charge on any atom is -0.492 e. The van der Waals surface area contributed by atoms with E-state index in [0.717, 1.165) is 42.0 Å². The molecular formula is C22H25ClN4O2S. The van der Waals surface area contributed by atoms with Gasteiger partial charge in [-0.2, -0.15) is 0 Å². The fourth-order valence-corrected chi connectivity index (χ4v) is 4.97. The van der Waals surface area contributed by atoms with Crippen LogP contribution in [0.3, 0.4) is 0 Å². The van der Waals surface area contributed by atoms with Crippen molar-refractivity contribution in [2.75, 3.05) is 31.1 Å². The molecule has 0 unspecified atom stereocenters. The van der Waals surface area contributed by atoms with Gasteiger partial charge >= 0.3 is 0 Å². The van der Waals surface area contributed by atoms with Gasteiger partial charge in [0.1, 0.15) is 29.3 Å². The second-order valence-corrected chi connectivity index (χ2v) is 9.16. The van der Waals surface area contributed by atoms with Crippen LogP contribution in [0.4, 0.5) is 5.82 Å². The third-order valence-electron chi connectivity index (χ3n) is 5.58. The van der Waals surface area contributed by atoms with Gasteiger partial charge in [0.2, 0.25) is 5.91 Å². The van der Waals surface area contributed by atoms with Gasteiger partial charge in [0, 0.05) is 28.9 Å². The third kappa shape index (κ3) is 4.52. The van der Waals surface area contributed by atoms with Gasteiger partial charge in [-0.3, -0.25) is 4.79 Å². The molecule has 0 atom stereocenters. The van der Waals surface area contributed by atoms with Crippen LogP contribution in [0.15, 0.2) is 30.6 Å². The minimum absolute atomic E-state index is 0.0232. The van der Waals surface area contributed by atoms with Gasteiger partial charge in [0.05, 0.1) is 11.9 Å². The highest BCUT2D eigenvalue weighted by Crippen LogP contribution is 2.35. The van der Waals surface area contributed by atoms with Crippen molar-refractivity contribution in [3.63, 3.8) is 0 Å². The number of ether oxygens (including phenoxy) is 1. The van der Waals surface area contributed by atoms with Crippen molar-refractivity contribution >= 4 is 44.9 Å². The molecule has 0 bridgehead atoms. The molecule has 3 aromatic rings. The van der Waals surface area contributed by atoms with Crippen LogP contribution < -0.4 is 15.0 Å². The van der Waals surface area contributed by atoms with Crippen molar-refractivity contribution in [2.24, 2.45) is 5.92 Å². The molecule has 1 fully saturated rings. The Morgan fingerprint density at radius 2 is 2.10 bits per heavy atom. The third-order valence-corrected chi connectivity index (χ3v) is 6.93. The molecule has 1 aliphatic rings. The molecule has 0 radical (unpaired) electrons. The second-order valence-electron chi connectivity index (χ2n) is 7.52. The molecule has 8 heteroatoms. The first-order valence-electron chi connectivity index (χ1n) is 10.1. The summed E-state index contributed by atoms with van der Waals surface area (Å²) in [5, 5.41) is 4.78. The largest absolute Gasteiger partial charge is 0.492 e. The Morgan fingerprint density at radius 1 is 1.30 bits per heavy atom. The fraction of sp³-hybridized carbons (Fsp3) is 0.409. The zero-order chi connectivity index (χ0) is 21.1. The zero-order valence-electron chi connectivity index (χ0n) is 17.2. The number of thiophene rings is 1. The van der Waals surface area contributed by atoms with Crippen LogP contribution in [0.2, 0.25) is 5.02 Å². The van der Waals surface area contributed by atoms with Crippen LogP contribution in [0, 0.1) is 19.8 Å². The average molecular weight is 445 g/mol. The summed E-state index contributed by atoms with van der Waals surface area (Å²) >= 11 is 7.66. The molecule has 1 N–H and O–H groups in total. The van der Waals surface area contributed by atoms with Crippen LogP contribution in [0.25, 0.3) is 10.2 Å². The van der Waals surface area contributed by atoms with E-state index >= 15 is 0 Å². The smallest absolute Gasteiger partial charge is 0.223 e. The summed E-state index contributed by atoms with van der Waals surface area (Å²) in [7, 11) is 0. The molecule has 1 aromatic carbocycles. The van der Waals surface area contributed by atoms with E-state index in [1.165, 1.54) is 10.4 Å². The number of benzene rings is 1. The van der Waals surface area contributed by atoms with Crippen molar-refractivity contribution in [3.05, 3.63) is 46.1 Å². The zero-order valence-corrected chi connectivity index (χ0v) is 18.7. The van der Waals surface area contributed by atoms with E-state index in [-0.39, 0.29) is 11.8 Å². The van der Waals surface area contributed by atoms with Crippen LogP contribution >= 0.6 is 22.9 Å². The molecule has 4 rings (SSSR count). The highest BCUT2D eigenvalue weighted by molar-refractivity contribution is 7.18. The number of nitrogens with zero attached hydrogens (tertiary/aromatic N) is 3. The summed E-state index contributed by atoms with van der Waals surface area (Å²) in [5.41, 5.74) is 1.25. The summed E-state index contributed by atoms with van der Waals surface area (Å²) in [4.78, 5) is 26.1. The van der Waals surface area contributed by atoms with Crippen LogP contribution in [0.1, 0.15) is 23.3 Å². The van der Waals surface area contributed by atoms with Crippen molar-refractivity contribution < 1.29 is 9.53 Å². The number of aromatic nitrogens is 2. The Bertz CT molecular complexity index is 1050. The molecule has 158 valence electrons. The number of amides is 1. The maximum atomic E-state index is 12.5. The number of anilines is 1. The van der Waals surface area contributed by atoms with Gasteiger partial charge in [0.25, 0.3) is 0 Å². The van der Waals surface area contributed by atoms with Crippen LogP contribution in [-0.2, 0) is 4.79 Å². The predicted octanol–water partition coefficient (Wildman–Crippen LogP) is 4.37. The van der Waals surface area contributed by atoms with E-state index in [4.69, 9.17) is 16.3 Å². The molecule has 1 aliphatic heterocycles. The molecule has 1 saturated heterocycles. The first-order chi connectivity index (χ1) is 14.5. The van der Waals surface area contributed by atoms with E-state index in [9.17, 15) is 4.79 Å². The number of hydrogen-bond donors (Lipinski definition) is 1. The number of carbonyl (C=O) groups is 1. The number of aryl methyl sites for hydroxylation is 2. The Balaban J connectivity index is 1.28. The van der Waals surface area contributed by atoms with Gasteiger partial charge in [0.15, 0.2) is 0 Å². The Kier molecular flexibility index (Phi) is 6.39. The number of rotatable bonds is 6. The molecule has 30 heavy (non-hydrogen) atoms. The lowest BCUT2D eigenvalue weighted by molar-refractivity contribution is -0.125. The molecule has 1 amide bonds.